The molecular weight excluding hydrogens is 292 g/mol. The normalized spacial score (nSPS) is 14.0. The van der Waals surface area contributed by atoms with E-state index < -0.39 is 0 Å². The SMILES string of the molecule is CCOC(=O)C1=CC(n2cc(-c3ccncn3)cn2)=CC=CC1. The van der Waals surface area contributed by atoms with Crippen LogP contribution in [0.3, 0.4) is 0 Å². The van der Waals surface area contributed by atoms with Crippen molar-refractivity contribution in [2.75, 3.05) is 6.61 Å². The van der Waals surface area contributed by atoms with Crippen LogP contribution in [0.5, 0.6) is 0 Å². The molecule has 1 aliphatic rings. The molecule has 0 saturated heterocycles. The molecule has 3 rings (SSSR count). The van der Waals surface area contributed by atoms with Crippen molar-refractivity contribution in [2.24, 2.45) is 0 Å². The van der Waals surface area contributed by atoms with E-state index in [0.717, 1.165) is 17.0 Å². The molecule has 2 aromatic heterocycles. The standard InChI is InChI=1S/C17H16N4O2/c1-2-23-17(22)13-5-3-4-6-15(9-13)21-11-14(10-20-21)16-7-8-18-12-19-16/h3-4,6-12H,2,5H2,1H3. The molecule has 0 atom stereocenters. The van der Waals surface area contributed by atoms with Gasteiger partial charge in [0.25, 0.3) is 0 Å². The minimum Gasteiger partial charge on any atom is -0.463 e. The second-order valence-corrected chi connectivity index (χ2v) is 4.88. The van der Waals surface area contributed by atoms with Gasteiger partial charge >= 0.3 is 5.97 Å². The Hall–Kier alpha value is -3.02. The van der Waals surface area contributed by atoms with Crippen LogP contribution in [0.15, 0.2) is 60.9 Å². The maximum Gasteiger partial charge on any atom is 0.334 e. The maximum atomic E-state index is 12.0. The predicted molar refractivity (Wildman–Crippen MR) is 86.0 cm³/mol. The van der Waals surface area contributed by atoms with Crippen molar-refractivity contribution in [2.45, 2.75) is 13.3 Å². The molecule has 0 radical (unpaired) electrons. The molecule has 0 aromatic carbocycles. The smallest absolute Gasteiger partial charge is 0.334 e. The van der Waals surface area contributed by atoms with E-state index in [1.54, 1.807) is 30.1 Å². The Morgan fingerprint density at radius 1 is 1.43 bits per heavy atom. The highest BCUT2D eigenvalue weighted by Crippen LogP contribution is 2.20. The summed E-state index contributed by atoms with van der Waals surface area (Å²) in [6.45, 7) is 2.15. The van der Waals surface area contributed by atoms with Gasteiger partial charge in [0.15, 0.2) is 0 Å². The van der Waals surface area contributed by atoms with Crippen LogP contribution < -0.4 is 0 Å². The van der Waals surface area contributed by atoms with Crippen molar-refractivity contribution in [3.8, 4) is 11.3 Å². The van der Waals surface area contributed by atoms with E-state index >= 15 is 0 Å². The van der Waals surface area contributed by atoms with E-state index in [1.807, 2.05) is 30.5 Å². The second-order valence-electron chi connectivity index (χ2n) is 4.88. The first-order chi connectivity index (χ1) is 11.3. The number of hydrogen-bond donors (Lipinski definition) is 0. The molecule has 0 amide bonds. The van der Waals surface area contributed by atoms with Crippen LogP contribution in [0.25, 0.3) is 17.0 Å². The van der Waals surface area contributed by atoms with Gasteiger partial charge < -0.3 is 4.74 Å². The second kappa shape index (κ2) is 6.83. The summed E-state index contributed by atoms with van der Waals surface area (Å²) in [5.41, 5.74) is 3.08. The molecule has 2 heterocycles. The van der Waals surface area contributed by atoms with Crippen molar-refractivity contribution in [1.29, 1.82) is 0 Å². The topological polar surface area (TPSA) is 69.9 Å². The number of esters is 1. The van der Waals surface area contributed by atoms with Crippen molar-refractivity contribution >= 4 is 11.7 Å². The molecule has 0 N–H and O–H groups in total. The summed E-state index contributed by atoms with van der Waals surface area (Å²) in [5.74, 6) is -0.298. The van der Waals surface area contributed by atoms with Gasteiger partial charge in [-0.25, -0.2) is 19.4 Å². The molecule has 0 saturated carbocycles. The lowest BCUT2D eigenvalue weighted by atomic mass is 10.1. The fraction of sp³-hybridized carbons (Fsp3) is 0.176. The van der Waals surface area contributed by atoms with Gasteiger partial charge in [0.2, 0.25) is 0 Å². The Morgan fingerprint density at radius 3 is 3.13 bits per heavy atom. The van der Waals surface area contributed by atoms with Gasteiger partial charge in [-0.2, -0.15) is 5.10 Å². The summed E-state index contributed by atoms with van der Waals surface area (Å²) >= 11 is 0. The molecular formula is C17H16N4O2. The van der Waals surface area contributed by atoms with Gasteiger partial charge in [0.05, 0.1) is 24.2 Å². The first kappa shape index (κ1) is 14.9. The number of carbonyl (C=O) groups excluding carboxylic acids is 1. The van der Waals surface area contributed by atoms with Gasteiger partial charge in [-0.15, -0.1) is 0 Å². The minimum atomic E-state index is -0.298. The van der Waals surface area contributed by atoms with Crippen molar-refractivity contribution in [3.05, 3.63) is 60.9 Å². The molecule has 0 spiro atoms. The third-order valence-electron chi connectivity index (χ3n) is 3.33. The van der Waals surface area contributed by atoms with Crippen LogP contribution in [0, 0.1) is 0 Å². The molecule has 6 nitrogen and oxygen atoms in total. The highest BCUT2D eigenvalue weighted by atomic mass is 16.5. The number of carbonyl (C=O) groups is 1. The quantitative estimate of drug-likeness (QED) is 0.812. The minimum absolute atomic E-state index is 0.298. The van der Waals surface area contributed by atoms with Crippen LogP contribution in [-0.2, 0) is 9.53 Å². The van der Waals surface area contributed by atoms with E-state index in [9.17, 15) is 4.79 Å². The average molecular weight is 308 g/mol. The zero-order valence-electron chi connectivity index (χ0n) is 12.7. The summed E-state index contributed by atoms with van der Waals surface area (Å²) in [5, 5.41) is 4.36. The lowest BCUT2D eigenvalue weighted by Gasteiger charge is -2.06. The average Bonchev–Trinajstić information content (AvgIpc) is 2.94. The van der Waals surface area contributed by atoms with E-state index in [1.165, 1.54) is 6.33 Å². The summed E-state index contributed by atoms with van der Waals surface area (Å²) in [7, 11) is 0. The molecule has 0 unspecified atom stereocenters. The summed E-state index contributed by atoms with van der Waals surface area (Å²) < 4.78 is 6.80. The molecule has 0 fully saturated rings. The fourth-order valence-electron chi connectivity index (χ4n) is 2.21. The lowest BCUT2D eigenvalue weighted by Crippen LogP contribution is -2.08. The van der Waals surface area contributed by atoms with Crippen molar-refractivity contribution in [3.63, 3.8) is 0 Å². The van der Waals surface area contributed by atoms with Gasteiger partial charge in [0.1, 0.15) is 6.33 Å². The van der Waals surface area contributed by atoms with Gasteiger partial charge in [-0.05, 0) is 31.6 Å². The van der Waals surface area contributed by atoms with Crippen LogP contribution in [0.2, 0.25) is 0 Å². The van der Waals surface area contributed by atoms with E-state index in [2.05, 4.69) is 15.1 Å². The van der Waals surface area contributed by atoms with Gasteiger partial charge in [-0.1, -0.05) is 12.2 Å². The van der Waals surface area contributed by atoms with Crippen LogP contribution in [-0.4, -0.2) is 32.3 Å². The number of rotatable bonds is 4. The maximum absolute atomic E-state index is 12.0. The molecule has 2 aromatic rings. The summed E-state index contributed by atoms with van der Waals surface area (Å²) in [6, 6.07) is 1.82. The number of hydrogen-bond acceptors (Lipinski definition) is 5. The largest absolute Gasteiger partial charge is 0.463 e. The van der Waals surface area contributed by atoms with E-state index in [-0.39, 0.29) is 5.97 Å². The number of allylic oxidation sites excluding steroid dienone is 5. The molecule has 0 bridgehead atoms. The molecule has 1 aliphatic carbocycles. The van der Waals surface area contributed by atoms with Crippen molar-refractivity contribution in [1.82, 2.24) is 19.7 Å². The number of aromatic nitrogens is 4. The zero-order chi connectivity index (χ0) is 16.1. The Kier molecular flexibility index (Phi) is 4.42. The van der Waals surface area contributed by atoms with E-state index in [0.29, 0.717) is 18.6 Å². The first-order valence-electron chi connectivity index (χ1n) is 7.34. The summed E-state index contributed by atoms with van der Waals surface area (Å²) in [6.07, 6.45) is 14.9. The highest BCUT2D eigenvalue weighted by Gasteiger charge is 2.13. The number of nitrogens with zero attached hydrogens (tertiary/aromatic N) is 4. The highest BCUT2D eigenvalue weighted by molar-refractivity contribution is 5.91. The van der Waals surface area contributed by atoms with Crippen LogP contribution in [0.4, 0.5) is 0 Å². The Morgan fingerprint density at radius 2 is 2.35 bits per heavy atom. The number of ether oxygens (including phenoxy) is 1. The van der Waals surface area contributed by atoms with Crippen LogP contribution >= 0.6 is 0 Å². The van der Waals surface area contributed by atoms with Crippen LogP contribution in [0.1, 0.15) is 13.3 Å². The molecule has 116 valence electrons. The summed E-state index contributed by atoms with van der Waals surface area (Å²) in [4.78, 5) is 20.1. The van der Waals surface area contributed by atoms with Crippen molar-refractivity contribution < 1.29 is 9.53 Å². The first-order valence-corrected chi connectivity index (χ1v) is 7.34. The predicted octanol–water partition coefficient (Wildman–Crippen LogP) is 2.63. The molecule has 0 aliphatic heterocycles. The Balaban J connectivity index is 1.90. The molecule has 23 heavy (non-hydrogen) atoms. The third-order valence-corrected chi connectivity index (χ3v) is 3.33. The lowest BCUT2D eigenvalue weighted by molar-refractivity contribution is -0.138. The van der Waals surface area contributed by atoms with Gasteiger partial charge in [0, 0.05) is 23.5 Å². The third kappa shape index (κ3) is 3.42. The Labute approximate surface area is 133 Å². The van der Waals surface area contributed by atoms with Gasteiger partial charge in [-0.3, -0.25) is 0 Å². The van der Waals surface area contributed by atoms with E-state index in [4.69, 9.17) is 4.74 Å². The Bertz CT molecular complexity index is 788. The monoisotopic (exact) mass is 308 g/mol. The fourth-order valence-corrected chi connectivity index (χ4v) is 2.21. The zero-order valence-corrected chi connectivity index (χ0v) is 12.7. The molecule has 6 heteroatoms.